The Labute approximate surface area is 120 Å². The maximum absolute atomic E-state index is 13.3. The first kappa shape index (κ1) is 13.2. The zero-order valence-corrected chi connectivity index (χ0v) is 12.1. The maximum atomic E-state index is 13.3. The lowest BCUT2D eigenvalue weighted by Crippen LogP contribution is -2.23. The van der Waals surface area contributed by atoms with Crippen LogP contribution in [0.1, 0.15) is 23.5 Å². The van der Waals surface area contributed by atoms with Gasteiger partial charge in [-0.15, -0.1) is 16.4 Å². The highest BCUT2D eigenvalue weighted by Crippen LogP contribution is 2.33. The van der Waals surface area contributed by atoms with Gasteiger partial charge >= 0.3 is 0 Å². The molecule has 104 valence electrons. The molecule has 1 N–H and O–H groups in total. The molecular weight excluding hydrogens is 275 g/mol. The van der Waals surface area contributed by atoms with E-state index in [1.54, 1.807) is 28.3 Å². The van der Waals surface area contributed by atoms with Crippen molar-refractivity contribution in [2.75, 3.05) is 6.54 Å². The molecule has 0 amide bonds. The summed E-state index contributed by atoms with van der Waals surface area (Å²) >= 11 is 1.60. The van der Waals surface area contributed by atoms with Gasteiger partial charge in [0.25, 0.3) is 0 Å². The zero-order chi connectivity index (χ0) is 14.1. The predicted molar refractivity (Wildman–Crippen MR) is 78.3 cm³/mol. The molecule has 0 fully saturated rings. The van der Waals surface area contributed by atoms with E-state index in [4.69, 9.17) is 0 Å². The van der Waals surface area contributed by atoms with Gasteiger partial charge in [-0.05, 0) is 30.1 Å². The van der Waals surface area contributed by atoms with Crippen LogP contribution < -0.4 is 5.32 Å². The summed E-state index contributed by atoms with van der Waals surface area (Å²) in [4.78, 5) is 1.14. The molecule has 1 aromatic carbocycles. The van der Waals surface area contributed by atoms with Gasteiger partial charge in [0.05, 0.1) is 17.9 Å². The third-order valence-electron chi connectivity index (χ3n) is 3.24. The summed E-state index contributed by atoms with van der Waals surface area (Å²) in [6, 6.07) is 7.01. The topological polar surface area (TPSA) is 42.7 Å². The fourth-order valence-corrected chi connectivity index (χ4v) is 3.46. The molecule has 0 aliphatic rings. The average molecular weight is 290 g/mol. The van der Waals surface area contributed by atoms with E-state index in [2.05, 4.69) is 28.6 Å². The van der Waals surface area contributed by atoms with Gasteiger partial charge in [-0.1, -0.05) is 18.2 Å². The second-order valence-corrected chi connectivity index (χ2v) is 5.72. The van der Waals surface area contributed by atoms with Gasteiger partial charge in [-0.3, -0.25) is 4.68 Å². The predicted octanol–water partition coefficient (Wildman–Crippen LogP) is 2.87. The van der Waals surface area contributed by atoms with Gasteiger partial charge in [0.1, 0.15) is 5.82 Å². The Bertz CT molecular complexity index is 734. The molecule has 3 aromatic rings. The van der Waals surface area contributed by atoms with E-state index in [1.165, 1.54) is 6.07 Å². The molecule has 1 unspecified atom stereocenters. The number of fused-ring (bicyclic) bond motifs is 1. The maximum Gasteiger partial charge on any atom is 0.124 e. The summed E-state index contributed by atoms with van der Waals surface area (Å²) in [7, 11) is 1.87. The van der Waals surface area contributed by atoms with Crippen LogP contribution in [-0.4, -0.2) is 21.5 Å². The lowest BCUT2D eigenvalue weighted by molar-refractivity contribution is 0.574. The summed E-state index contributed by atoms with van der Waals surface area (Å²) in [5.41, 5.74) is 0.999. The van der Waals surface area contributed by atoms with Crippen LogP contribution >= 0.6 is 11.3 Å². The van der Waals surface area contributed by atoms with Crippen LogP contribution in [0.15, 0.2) is 30.5 Å². The highest BCUT2D eigenvalue weighted by molar-refractivity contribution is 7.19. The minimum atomic E-state index is -0.201. The quantitative estimate of drug-likeness (QED) is 0.803. The average Bonchev–Trinajstić information content (AvgIpc) is 3.01. The number of rotatable bonds is 4. The minimum Gasteiger partial charge on any atom is -0.305 e. The van der Waals surface area contributed by atoms with Crippen LogP contribution in [0.2, 0.25) is 0 Å². The van der Waals surface area contributed by atoms with E-state index in [0.29, 0.717) is 0 Å². The third kappa shape index (κ3) is 2.32. The molecule has 3 rings (SSSR count). The van der Waals surface area contributed by atoms with Crippen LogP contribution in [0.4, 0.5) is 4.39 Å². The van der Waals surface area contributed by atoms with Crippen molar-refractivity contribution in [2.24, 2.45) is 7.05 Å². The highest BCUT2D eigenvalue weighted by Gasteiger charge is 2.19. The number of hydrogen-bond acceptors (Lipinski definition) is 4. The second-order valence-electron chi connectivity index (χ2n) is 4.60. The Balaban J connectivity index is 2.07. The molecule has 1 atom stereocenters. The lowest BCUT2D eigenvalue weighted by atomic mass is 10.1. The zero-order valence-electron chi connectivity index (χ0n) is 11.3. The fraction of sp³-hybridized carbons (Fsp3) is 0.286. The van der Waals surface area contributed by atoms with Gasteiger partial charge in [-0.2, -0.15) is 0 Å². The molecule has 0 aliphatic carbocycles. The number of nitrogens with one attached hydrogen (secondary N) is 1. The van der Waals surface area contributed by atoms with Crippen LogP contribution in [0.5, 0.6) is 0 Å². The molecule has 0 bridgehead atoms. The molecule has 6 heteroatoms. The smallest absolute Gasteiger partial charge is 0.124 e. The van der Waals surface area contributed by atoms with E-state index in [1.807, 2.05) is 13.1 Å². The molecule has 4 nitrogen and oxygen atoms in total. The number of aromatic nitrogens is 3. The normalized spacial score (nSPS) is 12.9. The molecule has 20 heavy (non-hydrogen) atoms. The molecule has 2 aromatic heterocycles. The molecule has 0 saturated heterocycles. The van der Waals surface area contributed by atoms with Gasteiger partial charge in [-0.25, -0.2) is 4.39 Å². The third-order valence-corrected chi connectivity index (χ3v) is 4.40. The van der Waals surface area contributed by atoms with Crippen molar-refractivity contribution in [3.63, 3.8) is 0 Å². The number of nitrogens with zero attached hydrogens (tertiary/aromatic N) is 3. The van der Waals surface area contributed by atoms with Crippen molar-refractivity contribution >= 4 is 21.4 Å². The van der Waals surface area contributed by atoms with E-state index in [-0.39, 0.29) is 11.9 Å². The first-order valence-electron chi connectivity index (χ1n) is 6.46. The summed E-state index contributed by atoms with van der Waals surface area (Å²) in [5, 5.41) is 12.4. The Morgan fingerprint density at radius 2 is 2.25 bits per heavy atom. The Kier molecular flexibility index (Phi) is 3.50. The number of aryl methyl sites for hydroxylation is 1. The van der Waals surface area contributed by atoms with Crippen LogP contribution in [0.3, 0.4) is 0 Å². The van der Waals surface area contributed by atoms with E-state index >= 15 is 0 Å². The van der Waals surface area contributed by atoms with Gasteiger partial charge < -0.3 is 5.32 Å². The first-order valence-corrected chi connectivity index (χ1v) is 7.27. The molecule has 2 heterocycles. The van der Waals surface area contributed by atoms with E-state index in [9.17, 15) is 4.39 Å². The number of benzene rings is 1. The van der Waals surface area contributed by atoms with Gasteiger partial charge in [0, 0.05) is 16.6 Å². The summed E-state index contributed by atoms with van der Waals surface area (Å²) in [5.74, 6) is -0.201. The molecule has 0 aliphatic heterocycles. The fourth-order valence-electron chi connectivity index (χ4n) is 2.28. The lowest BCUT2D eigenvalue weighted by Gasteiger charge is -2.15. The second kappa shape index (κ2) is 5.30. The van der Waals surface area contributed by atoms with E-state index < -0.39 is 0 Å². The number of halogens is 1. The summed E-state index contributed by atoms with van der Waals surface area (Å²) in [6.45, 7) is 2.89. The molecule has 0 saturated carbocycles. The largest absolute Gasteiger partial charge is 0.305 e. The van der Waals surface area contributed by atoms with E-state index in [0.717, 1.165) is 27.2 Å². The Morgan fingerprint density at radius 1 is 1.40 bits per heavy atom. The highest BCUT2D eigenvalue weighted by atomic mass is 32.1. The van der Waals surface area contributed by atoms with Crippen molar-refractivity contribution in [3.05, 3.63) is 46.9 Å². The SMILES string of the molecule is CCNC(c1cc2ccc(F)cc2s1)c1cnnn1C. The van der Waals surface area contributed by atoms with Gasteiger partial charge in [0.15, 0.2) is 0 Å². The molecular formula is C14H15FN4S. The minimum absolute atomic E-state index is 0.0282. The van der Waals surface area contributed by atoms with Crippen molar-refractivity contribution in [1.29, 1.82) is 0 Å². The first-order chi connectivity index (χ1) is 9.69. The van der Waals surface area contributed by atoms with Crippen LogP contribution in [0, 0.1) is 5.82 Å². The number of thiophene rings is 1. The van der Waals surface area contributed by atoms with Crippen LogP contribution in [0.25, 0.3) is 10.1 Å². The van der Waals surface area contributed by atoms with Crippen molar-refractivity contribution < 1.29 is 4.39 Å². The molecule has 0 spiro atoms. The van der Waals surface area contributed by atoms with Crippen LogP contribution in [-0.2, 0) is 7.05 Å². The Hall–Kier alpha value is -1.79. The number of hydrogen-bond donors (Lipinski definition) is 1. The summed E-state index contributed by atoms with van der Waals surface area (Å²) < 4.78 is 16.0. The van der Waals surface area contributed by atoms with Gasteiger partial charge in [0.2, 0.25) is 0 Å². The van der Waals surface area contributed by atoms with Crippen molar-refractivity contribution in [2.45, 2.75) is 13.0 Å². The Morgan fingerprint density at radius 3 is 2.95 bits per heavy atom. The van der Waals surface area contributed by atoms with Crippen molar-refractivity contribution in [1.82, 2.24) is 20.3 Å². The standard InChI is InChI=1S/C14H15FN4S/c1-3-16-14(11-8-17-18-19(11)2)13-6-9-4-5-10(15)7-12(9)20-13/h4-8,14,16H,3H2,1-2H3. The van der Waals surface area contributed by atoms with Crippen molar-refractivity contribution in [3.8, 4) is 0 Å². The monoisotopic (exact) mass is 290 g/mol. The summed E-state index contributed by atoms with van der Waals surface area (Å²) in [6.07, 6.45) is 1.76. The molecule has 0 radical (unpaired) electrons.